The number of aliphatic hydroxyl groups is 2. The van der Waals surface area contributed by atoms with Crippen molar-refractivity contribution in [2.24, 2.45) is 28.6 Å². The molecule has 0 aromatic heterocycles. The Bertz CT molecular complexity index is 1110. The normalized spacial score (nSPS) is 39.2. The maximum Gasteiger partial charge on any atom is 0.333 e. The first-order valence-electron chi connectivity index (χ1n) is 14.1. The fourth-order valence-corrected chi connectivity index (χ4v) is 7.90. The van der Waals surface area contributed by atoms with Gasteiger partial charge in [0.05, 0.1) is 5.41 Å². The number of hydrogen-bond donors (Lipinski definition) is 2. The van der Waals surface area contributed by atoms with E-state index in [0.717, 1.165) is 24.8 Å². The number of ether oxygens (including phenoxy) is 2. The van der Waals surface area contributed by atoms with E-state index in [0.29, 0.717) is 24.0 Å². The van der Waals surface area contributed by atoms with Crippen LogP contribution in [-0.4, -0.2) is 51.8 Å². The maximum atomic E-state index is 14.5. The van der Waals surface area contributed by atoms with Crippen LogP contribution in [0, 0.1) is 28.6 Å². The van der Waals surface area contributed by atoms with E-state index in [2.05, 4.69) is 6.92 Å². The number of unbranched alkanes of at least 4 members (excludes halogenated alkanes) is 2. The quantitative estimate of drug-likeness (QED) is 0.205. The molecule has 2 N–H and O–H groups in total. The second-order valence-electron chi connectivity index (χ2n) is 12.7. The Labute approximate surface area is 226 Å². The van der Waals surface area contributed by atoms with Crippen LogP contribution in [0.15, 0.2) is 34.9 Å². The van der Waals surface area contributed by atoms with Gasteiger partial charge < -0.3 is 19.7 Å². The summed E-state index contributed by atoms with van der Waals surface area (Å²) in [5.74, 6) is -2.35. The number of fused-ring (bicyclic) bond motifs is 3. The van der Waals surface area contributed by atoms with Crippen LogP contribution in [0.2, 0.25) is 0 Å². The minimum absolute atomic E-state index is 0.133. The summed E-state index contributed by atoms with van der Waals surface area (Å²) in [5, 5.41) is 23.8. The van der Waals surface area contributed by atoms with Gasteiger partial charge in [-0.2, -0.15) is 0 Å². The SMILES string of the molecule is C/C=C(\C)C(=O)OCC1=CC2C(=O)C3(C=C(C)CC3(O)C1O)[C@H](C)C[C@]1(OC(=O)CCCCC)[C@@H]2C1(C)C. The van der Waals surface area contributed by atoms with Crippen molar-refractivity contribution in [3.8, 4) is 0 Å². The van der Waals surface area contributed by atoms with E-state index in [1.165, 1.54) is 0 Å². The third-order valence-electron chi connectivity index (χ3n) is 10.1. The number of allylic oxidation sites excluding steroid dienone is 2. The van der Waals surface area contributed by atoms with Gasteiger partial charge in [-0.1, -0.05) is 64.3 Å². The minimum Gasteiger partial charge on any atom is -0.458 e. The third-order valence-corrected chi connectivity index (χ3v) is 10.1. The van der Waals surface area contributed by atoms with Gasteiger partial charge in [0, 0.05) is 35.7 Å². The topological polar surface area (TPSA) is 110 Å². The van der Waals surface area contributed by atoms with Gasteiger partial charge in [-0.15, -0.1) is 0 Å². The summed E-state index contributed by atoms with van der Waals surface area (Å²) >= 11 is 0. The Kier molecular flexibility index (Phi) is 7.37. The monoisotopic (exact) mass is 528 g/mol. The molecule has 4 aliphatic rings. The number of ketones is 1. The first kappa shape index (κ1) is 28.8. The summed E-state index contributed by atoms with van der Waals surface area (Å²) < 4.78 is 11.8. The molecule has 4 unspecified atom stereocenters. The van der Waals surface area contributed by atoms with Gasteiger partial charge in [0.1, 0.15) is 23.9 Å². The highest BCUT2D eigenvalue weighted by atomic mass is 16.6. The molecule has 38 heavy (non-hydrogen) atoms. The predicted molar refractivity (Wildman–Crippen MR) is 143 cm³/mol. The Morgan fingerprint density at radius 2 is 1.92 bits per heavy atom. The van der Waals surface area contributed by atoms with E-state index in [4.69, 9.17) is 9.47 Å². The summed E-state index contributed by atoms with van der Waals surface area (Å²) in [6.07, 6.45) is 7.39. The second-order valence-corrected chi connectivity index (χ2v) is 12.7. The fraction of sp³-hybridized carbons (Fsp3) is 0.710. The molecule has 0 amide bonds. The molecule has 7 heteroatoms. The van der Waals surface area contributed by atoms with Gasteiger partial charge in [-0.05, 0) is 45.1 Å². The van der Waals surface area contributed by atoms with E-state index in [9.17, 15) is 24.6 Å². The zero-order chi connectivity index (χ0) is 28.3. The molecule has 0 saturated heterocycles. The van der Waals surface area contributed by atoms with Crippen molar-refractivity contribution in [1.29, 1.82) is 0 Å². The van der Waals surface area contributed by atoms with Crippen LogP contribution in [0.4, 0.5) is 0 Å². The number of esters is 2. The third kappa shape index (κ3) is 3.95. The molecule has 210 valence electrons. The highest BCUT2D eigenvalue weighted by molar-refractivity contribution is 5.95. The summed E-state index contributed by atoms with van der Waals surface area (Å²) in [7, 11) is 0. The number of carbonyl (C=O) groups excluding carboxylic acids is 3. The van der Waals surface area contributed by atoms with Crippen molar-refractivity contribution in [2.45, 2.75) is 104 Å². The molecule has 2 fully saturated rings. The average molecular weight is 529 g/mol. The minimum atomic E-state index is -1.79. The summed E-state index contributed by atoms with van der Waals surface area (Å²) in [5.41, 5.74) is -2.89. The Balaban J connectivity index is 1.79. The van der Waals surface area contributed by atoms with Gasteiger partial charge in [0.25, 0.3) is 0 Å². The van der Waals surface area contributed by atoms with Crippen LogP contribution in [-0.2, 0) is 23.9 Å². The highest BCUT2D eigenvalue weighted by Crippen LogP contribution is 2.75. The van der Waals surface area contributed by atoms with E-state index in [1.807, 2.05) is 33.8 Å². The van der Waals surface area contributed by atoms with Crippen molar-refractivity contribution in [2.75, 3.05) is 6.61 Å². The van der Waals surface area contributed by atoms with Crippen molar-refractivity contribution in [3.63, 3.8) is 0 Å². The lowest BCUT2D eigenvalue weighted by molar-refractivity contribution is -0.168. The molecule has 4 aliphatic carbocycles. The number of hydrogen-bond acceptors (Lipinski definition) is 7. The van der Waals surface area contributed by atoms with Crippen molar-refractivity contribution in [3.05, 3.63) is 34.9 Å². The Morgan fingerprint density at radius 1 is 1.24 bits per heavy atom. The summed E-state index contributed by atoms with van der Waals surface area (Å²) in [4.78, 5) is 40.0. The second kappa shape index (κ2) is 9.74. The molecule has 0 heterocycles. The molecular formula is C31H44O7. The van der Waals surface area contributed by atoms with Crippen LogP contribution in [0.3, 0.4) is 0 Å². The van der Waals surface area contributed by atoms with Crippen molar-refractivity contribution >= 4 is 17.7 Å². The summed E-state index contributed by atoms with van der Waals surface area (Å²) in [6, 6.07) is 0. The molecule has 4 rings (SSSR count). The van der Waals surface area contributed by atoms with Gasteiger partial charge >= 0.3 is 11.9 Å². The standard InChI is InChI=1S/C31H44O7/c1-8-10-11-12-23(32)38-31-16-20(5)29-14-18(3)15-30(29,36)25(33)21(17-37-27(35)19(4)9-2)13-22(26(29)34)24(31)28(31,6)7/h9,13-14,20,22,24-25,33,36H,8,10-12,15-17H2,1-7H3/b19-9+/t20-,22?,24+,25?,29?,30?,31+/m1/s1. The molecule has 2 saturated carbocycles. The van der Waals surface area contributed by atoms with E-state index in [1.54, 1.807) is 26.0 Å². The lowest BCUT2D eigenvalue weighted by Gasteiger charge is -2.47. The van der Waals surface area contributed by atoms with Crippen molar-refractivity contribution in [1.82, 2.24) is 0 Å². The zero-order valence-corrected chi connectivity index (χ0v) is 23.9. The van der Waals surface area contributed by atoms with Crippen molar-refractivity contribution < 1.29 is 34.1 Å². The first-order chi connectivity index (χ1) is 17.7. The lowest BCUT2D eigenvalue weighted by Crippen LogP contribution is -2.60. The molecule has 0 aromatic rings. The number of aliphatic hydroxyl groups excluding tert-OH is 1. The smallest absolute Gasteiger partial charge is 0.333 e. The Morgan fingerprint density at radius 3 is 2.55 bits per heavy atom. The molecule has 0 radical (unpaired) electrons. The van der Waals surface area contributed by atoms with E-state index in [-0.39, 0.29) is 30.7 Å². The van der Waals surface area contributed by atoms with Crippen LogP contribution < -0.4 is 0 Å². The summed E-state index contributed by atoms with van der Waals surface area (Å²) in [6.45, 7) is 13.1. The van der Waals surface area contributed by atoms with Crippen LogP contribution in [0.1, 0.15) is 87.0 Å². The fourth-order valence-electron chi connectivity index (χ4n) is 7.90. The van der Waals surface area contributed by atoms with E-state index >= 15 is 0 Å². The molecule has 0 aliphatic heterocycles. The van der Waals surface area contributed by atoms with Gasteiger partial charge in [-0.3, -0.25) is 9.59 Å². The van der Waals surface area contributed by atoms with Crippen LogP contribution >= 0.6 is 0 Å². The molecule has 2 bridgehead atoms. The van der Waals surface area contributed by atoms with Gasteiger partial charge in [0.2, 0.25) is 0 Å². The largest absolute Gasteiger partial charge is 0.458 e. The van der Waals surface area contributed by atoms with Gasteiger partial charge in [0.15, 0.2) is 5.78 Å². The van der Waals surface area contributed by atoms with Gasteiger partial charge in [-0.25, -0.2) is 4.79 Å². The number of rotatable bonds is 8. The molecular weight excluding hydrogens is 484 g/mol. The molecule has 1 spiro atoms. The van der Waals surface area contributed by atoms with E-state index < -0.39 is 45.9 Å². The number of Topliss-reactive ketones (excluding diaryl/α,β-unsaturated/α-hetero) is 1. The predicted octanol–water partition coefficient (Wildman–Crippen LogP) is 4.61. The first-order valence-corrected chi connectivity index (χ1v) is 14.1. The average Bonchev–Trinajstić information content (AvgIpc) is 3.19. The van der Waals surface area contributed by atoms with Crippen LogP contribution in [0.25, 0.3) is 0 Å². The highest BCUT2D eigenvalue weighted by Gasteiger charge is 2.82. The maximum absolute atomic E-state index is 14.5. The Hall–Kier alpha value is -2.25. The lowest BCUT2D eigenvalue weighted by atomic mass is 9.59. The molecule has 7 atom stereocenters. The number of carbonyl (C=O) groups is 3. The molecule has 7 nitrogen and oxygen atoms in total. The molecule has 0 aromatic carbocycles. The zero-order valence-electron chi connectivity index (χ0n) is 23.9. The van der Waals surface area contributed by atoms with Crippen LogP contribution in [0.5, 0.6) is 0 Å².